The summed E-state index contributed by atoms with van der Waals surface area (Å²) in [4.78, 5) is 15.2. The normalized spacial score (nSPS) is 11.0. The third-order valence-corrected chi connectivity index (χ3v) is 2.23. The molecule has 0 saturated carbocycles. The first-order valence-corrected chi connectivity index (χ1v) is 5.42. The van der Waals surface area contributed by atoms with Gasteiger partial charge in [-0.25, -0.2) is 4.79 Å². The zero-order valence-corrected chi connectivity index (χ0v) is 9.61. The lowest BCUT2D eigenvalue weighted by Gasteiger charge is -2.01. The van der Waals surface area contributed by atoms with Gasteiger partial charge in [-0.3, -0.25) is 0 Å². The van der Waals surface area contributed by atoms with Gasteiger partial charge >= 0.3 is 6.09 Å². The minimum Gasteiger partial charge on any atom is -0.409 e. The molecule has 0 saturated heterocycles. The molecule has 0 atom stereocenters. The molecule has 0 aliphatic carbocycles. The fourth-order valence-electron chi connectivity index (χ4n) is 1.38. The van der Waals surface area contributed by atoms with Gasteiger partial charge in [-0.05, 0) is 12.1 Å². The number of hydrogen-bond donors (Lipinski definition) is 1. The van der Waals surface area contributed by atoms with Gasteiger partial charge in [0.25, 0.3) is 0 Å². The van der Waals surface area contributed by atoms with E-state index in [1.54, 1.807) is 36.4 Å². The number of nitrogens with two attached hydrogens (primary N) is 1. The summed E-state index contributed by atoms with van der Waals surface area (Å²) in [6.07, 6.45) is -0.734. The minimum atomic E-state index is -0.734. The van der Waals surface area contributed by atoms with Crippen LogP contribution < -0.4 is 10.5 Å². The quantitative estimate of drug-likeness (QED) is 0.648. The zero-order chi connectivity index (χ0) is 12.8. The molecule has 0 aromatic heterocycles. The van der Waals surface area contributed by atoms with E-state index in [1.807, 2.05) is 24.3 Å². The number of rotatable bonds is 2. The van der Waals surface area contributed by atoms with E-state index in [4.69, 9.17) is 10.5 Å². The molecular weight excluding hydrogens is 228 g/mol. The van der Waals surface area contributed by atoms with Gasteiger partial charge in [0, 0.05) is 5.56 Å². The van der Waals surface area contributed by atoms with Crippen LogP contribution in [0.3, 0.4) is 0 Å². The maximum absolute atomic E-state index is 11.5. The van der Waals surface area contributed by atoms with Crippen molar-refractivity contribution in [2.24, 2.45) is 10.7 Å². The second-order valence-corrected chi connectivity index (χ2v) is 3.54. The Labute approximate surface area is 105 Å². The third kappa shape index (κ3) is 3.18. The minimum absolute atomic E-state index is 0.136. The molecule has 18 heavy (non-hydrogen) atoms. The molecule has 0 aliphatic heterocycles. The number of ether oxygens (including phenoxy) is 1. The fraction of sp³-hybridized carbons (Fsp3) is 0. The maximum atomic E-state index is 11.5. The Kier molecular flexibility index (Phi) is 3.71. The Balaban J connectivity index is 2.07. The predicted octanol–water partition coefficient (Wildman–Crippen LogP) is 2.59. The molecular formula is C14H12N2O2. The third-order valence-electron chi connectivity index (χ3n) is 2.23. The summed E-state index contributed by atoms with van der Waals surface area (Å²) < 4.78 is 5.00. The summed E-state index contributed by atoms with van der Waals surface area (Å²) in [5.74, 6) is 0.573. The SMILES string of the molecule is NC(=NC(=O)Oc1ccccc1)c1ccccc1. The molecule has 4 nitrogen and oxygen atoms in total. The first kappa shape index (κ1) is 11.9. The largest absolute Gasteiger partial charge is 0.441 e. The second-order valence-electron chi connectivity index (χ2n) is 3.54. The van der Waals surface area contributed by atoms with Gasteiger partial charge in [-0.1, -0.05) is 48.5 Å². The number of amidine groups is 1. The van der Waals surface area contributed by atoms with Crippen molar-refractivity contribution in [3.63, 3.8) is 0 Å². The summed E-state index contributed by atoms with van der Waals surface area (Å²) in [5.41, 5.74) is 6.38. The van der Waals surface area contributed by atoms with Crippen LogP contribution in [0.5, 0.6) is 5.75 Å². The second kappa shape index (κ2) is 5.63. The Morgan fingerprint density at radius 2 is 1.50 bits per heavy atom. The highest BCUT2D eigenvalue weighted by molar-refractivity contribution is 6.02. The molecule has 0 bridgehead atoms. The van der Waals surface area contributed by atoms with E-state index in [1.165, 1.54) is 0 Å². The zero-order valence-electron chi connectivity index (χ0n) is 9.61. The average Bonchev–Trinajstić information content (AvgIpc) is 2.40. The molecule has 0 radical (unpaired) electrons. The number of para-hydroxylation sites is 1. The predicted molar refractivity (Wildman–Crippen MR) is 69.6 cm³/mol. The number of nitrogens with zero attached hydrogens (tertiary/aromatic N) is 1. The van der Waals surface area contributed by atoms with Gasteiger partial charge < -0.3 is 10.5 Å². The van der Waals surface area contributed by atoms with E-state index in [0.717, 1.165) is 0 Å². The Morgan fingerprint density at radius 3 is 2.11 bits per heavy atom. The highest BCUT2D eigenvalue weighted by Crippen LogP contribution is 2.09. The summed E-state index contributed by atoms with van der Waals surface area (Å²) >= 11 is 0. The van der Waals surface area contributed by atoms with Crippen molar-refractivity contribution in [3.05, 3.63) is 66.2 Å². The van der Waals surface area contributed by atoms with Gasteiger partial charge in [0.05, 0.1) is 0 Å². The van der Waals surface area contributed by atoms with Crippen LogP contribution in [0.4, 0.5) is 4.79 Å². The highest BCUT2D eigenvalue weighted by Gasteiger charge is 2.04. The van der Waals surface area contributed by atoms with Crippen molar-refractivity contribution in [2.75, 3.05) is 0 Å². The number of aliphatic imine (C=N–C) groups is 1. The van der Waals surface area contributed by atoms with Crippen LogP contribution in [0, 0.1) is 0 Å². The number of carbonyl (C=O) groups excluding carboxylic acids is 1. The molecule has 0 heterocycles. The highest BCUT2D eigenvalue weighted by atomic mass is 16.5. The van der Waals surface area contributed by atoms with E-state index in [2.05, 4.69) is 4.99 Å². The van der Waals surface area contributed by atoms with Crippen LogP contribution in [-0.2, 0) is 0 Å². The Hall–Kier alpha value is -2.62. The van der Waals surface area contributed by atoms with Gasteiger partial charge in [0.15, 0.2) is 0 Å². The van der Waals surface area contributed by atoms with Crippen LogP contribution in [0.2, 0.25) is 0 Å². The lowest BCUT2D eigenvalue weighted by Crippen LogP contribution is -2.17. The number of benzene rings is 2. The van der Waals surface area contributed by atoms with Crippen LogP contribution in [0.1, 0.15) is 5.56 Å². The smallest absolute Gasteiger partial charge is 0.409 e. The van der Waals surface area contributed by atoms with Crippen molar-refractivity contribution >= 4 is 11.9 Å². The molecule has 0 fully saturated rings. The Bertz CT molecular complexity index is 551. The van der Waals surface area contributed by atoms with Crippen molar-refractivity contribution < 1.29 is 9.53 Å². The fourth-order valence-corrected chi connectivity index (χ4v) is 1.38. The summed E-state index contributed by atoms with van der Waals surface area (Å²) in [6, 6.07) is 17.8. The van der Waals surface area contributed by atoms with Crippen molar-refractivity contribution in [2.45, 2.75) is 0 Å². The maximum Gasteiger partial charge on any atom is 0.441 e. The van der Waals surface area contributed by atoms with Crippen molar-refractivity contribution in [1.82, 2.24) is 0 Å². The first-order chi connectivity index (χ1) is 8.75. The van der Waals surface area contributed by atoms with Gasteiger partial charge in [0.2, 0.25) is 0 Å². The molecule has 0 unspecified atom stereocenters. The Morgan fingerprint density at radius 1 is 0.944 bits per heavy atom. The summed E-state index contributed by atoms with van der Waals surface area (Å²) in [7, 11) is 0. The van der Waals surface area contributed by atoms with Gasteiger partial charge in [0.1, 0.15) is 11.6 Å². The monoisotopic (exact) mass is 240 g/mol. The van der Waals surface area contributed by atoms with E-state index >= 15 is 0 Å². The summed E-state index contributed by atoms with van der Waals surface area (Å²) in [6.45, 7) is 0. The van der Waals surface area contributed by atoms with Crippen LogP contribution in [0.15, 0.2) is 65.7 Å². The topological polar surface area (TPSA) is 64.7 Å². The van der Waals surface area contributed by atoms with Crippen molar-refractivity contribution in [3.8, 4) is 5.75 Å². The molecule has 90 valence electrons. The van der Waals surface area contributed by atoms with E-state index in [0.29, 0.717) is 11.3 Å². The summed E-state index contributed by atoms with van der Waals surface area (Å²) in [5, 5.41) is 0. The molecule has 2 rings (SSSR count). The van der Waals surface area contributed by atoms with Gasteiger partial charge in [-0.15, -0.1) is 0 Å². The van der Waals surface area contributed by atoms with Crippen LogP contribution in [-0.4, -0.2) is 11.9 Å². The lowest BCUT2D eigenvalue weighted by molar-refractivity contribution is 0.211. The molecule has 4 heteroatoms. The first-order valence-electron chi connectivity index (χ1n) is 5.42. The van der Waals surface area contributed by atoms with Gasteiger partial charge in [-0.2, -0.15) is 4.99 Å². The van der Waals surface area contributed by atoms with Crippen molar-refractivity contribution in [1.29, 1.82) is 0 Å². The standard InChI is InChI=1S/C14H12N2O2/c15-13(11-7-3-1-4-8-11)16-14(17)18-12-9-5-2-6-10-12/h1-10H,(H2,15,16,17). The lowest BCUT2D eigenvalue weighted by atomic mass is 10.2. The molecule has 2 aromatic rings. The van der Waals surface area contributed by atoms with E-state index in [9.17, 15) is 4.79 Å². The van der Waals surface area contributed by atoms with Crippen LogP contribution in [0.25, 0.3) is 0 Å². The molecule has 2 N–H and O–H groups in total. The number of amides is 1. The number of hydrogen-bond acceptors (Lipinski definition) is 2. The molecule has 2 aromatic carbocycles. The molecule has 0 aliphatic rings. The molecule has 1 amide bonds. The van der Waals surface area contributed by atoms with E-state index in [-0.39, 0.29) is 5.84 Å². The number of carbonyl (C=O) groups is 1. The average molecular weight is 240 g/mol. The van der Waals surface area contributed by atoms with E-state index < -0.39 is 6.09 Å². The molecule has 0 spiro atoms. The van der Waals surface area contributed by atoms with Crippen LogP contribution >= 0.6 is 0 Å².